The molecule has 1 aromatic rings. The number of hydrogen-bond acceptors (Lipinski definition) is 3. The third kappa shape index (κ3) is 4.51. The number of H-pyrrole nitrogens is 1. The van der Waals surface area contributed by atoms with E-state index in [1.54, 1.807) is 6.20 Å². The van der Waals surface area contributed by atoms with Crippen molar-refractivity contribution in [2.45, 2.75) is 12.8 Å². The van der Waals surface area contributed by atoms with Gasteiger partial charge in [-0.3, -0.25) is 4.79 Å². The van der Waals surface area contributed by atoms with Gasteiger partial charge in [0.15, 0.2) is 0 Å². The van der Waals surface area contributed by atoms with Gasteiger partial charge in [0.2, 0.25) is 5.91 Å². The van der Waals surface area contributed by atoms with E-state index in [0.717, 1.165) is 5.69 Å². The molecule has 5 nitrogen and oxygen atoms in total. The third-order valence-corrected chi connectivity index (χ3v) is 1.80. The van der Waals surface area contributed by atoms with Gasteiger partial charge in [0.1, 0.15) is 0 Å². The van der Waals surface area contributed by atoms with E-state index in [4.69, 9.17) is 5.73 Å². The van der Waals surface area contributed by atoms with E-state index in [1.165, 1.54) is 6.33 Å². The number of carbonyl (C=O) groups is 1. The van der Waals surface area contributed by atoms with Crippen LogP contribution in [0.2, 0.25) is 0 Å². The normalized spacial score (nSPS) is 10.8. The molecular formula is C8H16Cl2N4O. The maximum absolute atomic E-state index is 11.4. The lowest BCUT2D eigenvalue weighted by molar-refractivity contribution is -0.122. The number of amides is 1. The zero-order valence-electron chi connectivity index (χ0n) is 8.40. The predicted octanol–water partition coefficient (Wildman–Crippen LogP) is 0.432. The topological polar surface area (TPSA) is 83.8 Å². The van der Waals surface area contributed by atoms with Crippen LogP contribution in [0.25, 0.3) is 0 Å². The van der Waals surface area contributed by atoms with Crippen molar-refractivity contribution in [1.82, 2.24) is 15.3 Å². The molecule has 0 aromatic carbocycles. The van der Waals surface area contributed by atoms with E-state index in [0.29, 0.717) is 6.54 Å². The second-order valence-corrected chi connectivity index (χ2v) is 2.69. The molecule has 0 fully saturated rings. The zero-order chi connectivity index (χ0) is 9.68. The smallest absolute Gasteiger partial charge is 0.230 e. The van der Waals surface area contributed by atoms with E-state index >= 15 is 0 Å². The fourth-order valence-electron chi connectivity index (χ4n) is 1.13. The van der Waals surface area contributed by atoms with E-state index in [2.05, 4.69) is 15.3 Å². The molecule has 1 rings (SSSR count). The van der Waals surface area contributed by atoms with Crippen LogP contribution in [0.1, 0.15) is 18.5 Å². The van der Waals surface area contributed by atoms with E-state index < -0.39 is 0 Å². The van der Waals surface area contributed by atoms with E-state index in [-0.39, 0.29) is 43.2 Å². The van der Waals surface area contributed by atoms with Crippen molar-refractivity contribution in [3.8, 4) is 0 Å². The first kappa shape index (κ1) is 16.6. The van der Waals surface area contributed by atoms with E-state index in [1.807, 2.05) is 6.92 Å². The molecule has 15 heavy (non-hydrogen) atoms. The summed E-state index contributed by atoms with van der Waals surface area (Å²) in [5, 5.41) is 2.72. The van der Waals surface area contributed by atoms with Crippen LogP contribution in [0, 0.1) is 0 Å². The predicted molar refractivity (Wildman–Crippen MR) is 63.6 cm³/mol. The maximum Gasteiger partial charge on any atom is 0.230 e. The van der Waals surface area contributed by atoms with Crippen molar-refractivity contribution in [3.63, 3.8) is 0 Å². The van der Waals surface area contributed by atoms with Crippen molar-refractivity contribution < 1.29 is 4.79 Å². The molecule has 0 bridgehead atoms. The average molecular weight is 255 g/mol. The molecule has 0 aliphatic heterocycles. The Labute approximate surface area is 101 Å². The second-order valence-electron chi connectivity index (χ2n) is 2.69. The molecule has 88 valence electrons. The summed E-state index contributed by atoms with van der Waals surface area (Å²) in [5.74, 6) is -0.378. The maximum atomic E-state index is 11.4. The minimum atomic E-state index is -0.317. The fraction of sp³-hybridized carbons (Fsp3) is 0.500. The lowest BCUT2D eigenvalue weighted by Gasteiger charge is -2.11. The average Bonchev–Trinajstić information content (AvgIpc) is 2.59. The number of aromatic amines is 1. The van der Waals surface area contributed by atoms with Crippen LogP contribution in [0.5, 0.6) is 0 Å². The standard InChI is InChI=1S/C8H14N4O.2ClH/c1-2-11-8(13)6(3-9)7-4-10-5-12-7;;/h4-6H,2-3,9H2,1H3,(H,10,12)(H,11,13);2*1H. The summed E-state index contributed by atoms with van der Waals surface area (Å²) in [4.78, 5) is 18.2. The summed E-state index contributed by atoms with van der Waals surface area (Å²) in [5.41, 5.74) is 6.24. The summed E-state index contributed by atoms with van der Waals surface area (Å²) in [6.45, 7) is 2.77. The number of hydrogen-bond donors (Lipinski definition) is 3. The van der Waals surface area contributed by atoms with Gasteiger partial charge >= 0.3 is 0 Å². The van der Waals surface area contributed by atoms with Crippen LogP contribution in [0.4, 0.5) is 0 Å². The van der Waals surface area contributed by atoms with Crippen molar-refractivity contribution in [2.75, 3.05) is 13.1 Å². The van der Waals surface area contributed by atoms with E-state index in [9.17, 15) is 4.79 Å². The fourth-order valence-corrected chi connectivity index (χ4v) is 1.13. The van der Waals surface area contributed by atoms with Gasteiger partial charge in [-0.25, -0.2) is 4.98 Å². The van der Waals surface area contributed by atoms with Gasteiger partial charge in [0.05, 0.1) is 12.2 Å². The minimum absolute atomic E-state index is 0. The number of halogens is 2. The summed E-state index contributed by atoms with van der Waals surface area (Å²) >= 11 is 0. The highest BCUT2D eigenvalue weighted by atomic mass is 35.5. The summed E-state index contributed by atoms with van der Waals surface area (Å²) in [6, 6.07) is 0. The summed E-state index contributed by atoms with van der Waals surface area (Å²) < 4.78 is 0. The number of nitrogens with zero attached hydrogens (tertiary/aromatic N) is 1. The van der Waals surface area contributed by atoms with Gasteiger partial charge in [-0.05, 0) is 6.92 Å². The molecule has 0 saturated carbocycles. The lowest BCUT2D eigenvalue weighted by Crippen LogP contribution is -2.33. The molecule has 0 aliphatic carbocycles. The van der Waals surface area contributed by atoms with Gasteiger partial charge < -0.3 is 16.0 Å². The second kappa shape index (κ2) is 8.52. The largest absolute Gasteiger partial charge is 0.356 e. The highest BCUT2D eigenvalue weighted by Crippen LogP contribution is 2.09. The lowest BCUT2D eigenvalue weighted by atomic mass is 10.1. The molecule has 1 heterocycles. The number of imidazole rings is 1. The Bertz CT molecular complexity index is 266. The number of rotatable bonds is 4. The molecule has 0 radical (unpaired) electrons. The minimum Gasteiger partial charge on any atom is -0.356 e. The number of nitrogens with one attached hydrogen (secondary N) is 2. The van der Waals surface area contributed by atoms with Crippen LogP contribution in [-0.4, -0.2) is 29.0 Å². The van der Waals surface area contributed by atoms with Gasteiger partial charge in [0, 0.05) is 25.0 Å². The molecule has 1 atom stereocenters. The van der Waals surface area contributed by atoms with Crippen LogP contribution in [-0.2, 0) is 4.79 Å². The van der Waals surface area contributed by atoms with Crippen LogP contribution in [0.15, 0.2) is 12.5 Å². The van der Waals surface area contributed by atoms with Crippen molar-refractivity contribution in [3.05, 3.63) is 18.2 Å². The Balaban J connectivity index is 0. The summed E-state index contributed by atoms with van der Waals surface area (Å²) in [6.07, 6.45) is 3.16. The SMILES string of the molecule is CCNC(=O)C(CN)c1cnc[nH]1.Cl.Cl. The Hall–Kier alpha value is -0.780. The van der Waals surface area contributed by atoms with Gasteiger partial charge in [-0.1, -0.05) is 0 Å². The van der Waals surface area contributed by atoms with Crippen molar-refractivity contribution >= 4 is 30.7 Å². The molecule has 1 unspecified atom stereocenters. The Morgan fingerprint density at radius 1 is 1.67 bits per heavy atom. The monoisotopic (exact) mass is 254 g/mol. The zero-order valence-corrected chi connectivity index (χ0v) is 10.0. The molecule has 0 saturated heterocycles. The molecule has 0 spiro atoms. The Kier molecular flexibility index (Phi) is 9.46. The van der Waals surface area contributed by atoms with Gasteiger partial charge in [-0.15, -0.1) is 24.8 Å². The van der Waals surface area contributed by atoms with Crippen LogP contribution < -0.4 is 11.1 Å². The third-order valence-electron chi connectivity index (χ3n) is 1.80. The molecular weight excluding hydrogens is 239 g/mol. The highest BCUT2D eigenvalue weighted by molar-refractivity contribution is 5.85. The first-order valence-electron chi connectivity index (χ1n) is 4.25. The molecule has 4 N–H and O–H groups in total. The quantitative estimate of drug-likeness (QED) is 0.729. The van der Waals surface area contributed by atoms with Crippen molar-refractivity contribution in [1.29, 1.82) is 0 Å². The molecule has 0 aliphatic rings. The number of carbonyl (C=O) groups excluding carboxylic acids is 1. The van der Waals surface area contributed by atoms with Crippen LogP contribution in [0.3, 0.4) is 0 Å². The number of nitrogens with two attached hydrogens (primary N) is 1. The molecule has 1 amide bonds. The molecule has 7 heteroatoms. The van der Waals surface area contributed by atoms with Gasteiger partial charge in [0.25, 0.3) is 0 Å². The Morgan fingerprint density at radius 3 is 2.73 bits per heavy atom. The number of likely N-dealkylation sites (N-methyl/N-ethyl adjacent to an activating group) is 1. The van der Waals surface area contributed by atoms with Crippen molar-refractivity contribution in [2.24, 2.45) is 5.73 Å². The molecule has 1 aromatic heterocycles. The van der Waals surface area contributed by atoms with Crippen LogP contribution >= 0.6 is 24.8 Å². The number of aromatic nitrogens is 2. The Morgan fingerprint density at radius 2 is 2.33 bits per heavy atom. The summed E-state index contributed by atoms with van der Waals surface area (Å²) in [7, 11) is 0. The first-order valence-corrected chi connectivity index (χ1v) is 4.25. The highest BCUT2D eigenvalue weighted by Gasteiger charge is 2.18. The van der Waals surface area contributed by atoms with Gasteiger partial charge in [-0.2, -0.15) is 0 Å². The first-order chi connectivity index (χ1) is 6.29.